The molecule has 7 heteroatoms. The van der Waals surface area contributed by atoms with Crippen LogP contribution in [0.1, 0.15) is 10.5 Å². The number of carboxylic acids is 1. The Bertz CT molecular complexity index is 826. The van der Waals surface area contributed by atoms with Crippen LogP contribution in [0.5, 0.6) is 0 Å². The van der Waals surface area contributed by atoms with Crippen LogP contribution in [0.4, 0.5) is 0 Å². The number of hydrogen-bond acceptors (Lipinski definition) is 5. The van der Waals surface area contributed by atoms with E-state index >= 15 is 0 Å². The fourth-order valence-corrected chi connectivity index (χ4v) is 2.20. The van der Waals surface area contributed by atoms with Crippen molar-refractivity contribution in [1.29, 1.82) is 0 Å². The van der Waals surface area contributed by atoms with Crippen molar-refractivity contribution in [2.45, 2.75) is 0 Å². The van der Waals surface area contributed by atoms with Gasteiger partial charge in [-0.2, -0.15) is 0 Å². The van der Waals surface area contributed by atoms with E-state index in [-0.39, 0.29) is 35.3 Å². The molecule has 0 unspecified atom stereocenters. The molecule has 3 rings (SSSR count). The molecule has 0 aliphatic carbocycles. The second-order valence-electron chi connectivity index (χ2n) is 4.11. The van der Waals surface area contributed by atoms with Crippen LogP contribution in [-0.2, 0) is 0 Å². The van der Waals surface area contributed by atoms with Crippen LogP contribution >= 0.6 is 11.6 Å². The number of fused-ring (bicyclic) bond motifs is 1. The summed E-state index contributed by atoms with van der Waals surface area (Å²) in [5.74, 6) is -1.35. The largest absolute Gasteiger partial charge is 1.00 e. The maximum atomic E-state index is 10.8. The number of carbonyl (C=O) groups excluding carboxylic acids is 1. The maximum absolute atomic E-state index is 10.8. The van der Waals surface area contributed by atoms with Gasteiger partial charge in [0.2, 0.25) is 0 Å². The molecule has 3 aromatic rings. The second kappa shape index (κ2) is 6.49. The number of halogens is 1. The smallest absolute Gasteiger partial charge is 0.543 e. The zero-order valence-corrected chi connectivity index (χ0v) is 13.8. The third-order valence-corrected chi connectivity index (χ3v) is 3.12. The van der Waals surface area contributed by atoms with Crippen molar-refractivity contribution in [3.8, 4) is 11.3 Å². The molecule has 0 atom stereocenters. The van der Waals surface area contributed by atoms with E-state index in [0.717, 1.165) is 5.39 Å². The zero-order chi connectivity index (χ0) is 14.1. The monoisotopic (exact) mass is 307 g/mol. The quantitative estimate of drug-likeness (QED) is 0.551. The summed E-state index contributed by atoms with van der Waals surface area (Å²) in [5.41, 5.74) is 1.68. The molecule has 0 aliphatic rings. The third-order valence-electron chi connectivity index (χ3n) is 2.83. The molecule has 0 bridgehead atoms. The van der Waals surface area contributed by atoms with E-state index < -0.39 is 5.97 Å². The van der Waals surface area contributed by atoms with E-state index in [2.05, 4.69) is 15.0 Å². The van der Waals surface area contributed by atoms with Crippen LogP contribution in [0.3, 0.4) is 0 Å². The summed E-state index contributed by atoms with van der Waals surface area (Å²) in [4.78, 5) is 22.7. The van der Waals surface area contributed by atoms with E-state index in [1.165, 1.54) is 12.4 Å². The molecule has 0 fully saturated rings. The number of pyridine rings is 1. The minimum Gasteiger partial charge on any atom is -0.543 e. The molecule has 2 heterocycles. The van der Waals surface area contributed by atoms with Gasteiger partial charge in [-0.25, -0.2) is 9.97 Å². The van der Waals surface area contributed by atoms with Crippen molar-refractivity contribution in [3.05, 3.63) is 53.6 Å². The Morgan fingerprint density at radius 2 is 1.95 bits per heavy atom. The average molecular weight is 308 g/mol. The topological polar surface area (TPSA) is 78.8 Å². The van der Waals surface area contributed by atoms with Crippen LogP contribution in [0.2, 0.25) is 5.02 Å². The van der Waals surface area contributed by atoms with Crippen molar-refractivity contribution in [2.75, 3.05) is 0 Å². The molecule has 98 valence electrons. The van der Waals surface area contributed by atoms with Gasteiger partial charge in [-0.1, -0.05) is 17.7 Å². The normalized spacial score (nSPS) is 10.1. The number of carbonyl (C=O) groups is 1. The van der Waals surface area contributed by atoms with Gasteiger partial charge in [-0.15, -0.1) is 0 Å². The summed E-state index contributed by atoms with van der Waals surface area (Å²) in [6, 6.07) is 8.56. The minimum atomic E-state index is -1.35. The average Bonchev–Trinajstić information content (AvgIpc) is 2.47. The van der Waals surface area contributed by atoms with E-state index in [0.29, 0.717) is 21.8 Å². The molecular formula is C14H7ClN3NaO2. The number of nitrogens with zero attached hydrogens (tertiary/aromatic N) is 3. The number of aromatic carboxylic acids is 1. The third kappa shape index (κ3) is 3.22. The van der Waals surface area contributed by atoms with Crippen molar-refractivity contribution in [3.63, 3.8) is 0 Å². The van der Waals surface area contributed by atoms with Gasteiger partial charge in [0.1, 0.15) is 6.33 Å². The fourth-order valence-electron chi connectivity index (χ4n) is 1.92. The molecule has 0 saturated heterocycles. The van der Waals surface area contributed by atoms with Gasteiger partial charge in [0.05, 0.1) is 27.9 Å². The fraction of sp³-hybridized carbons (Fsp3) is 0. The number of aromatic nitrogens is 3. The molecule has 1 aromatic carbocycles. The molecule has 0 saturated carbocycles. The van der Waals surface area contributed by atoms with Crippen molar-refractivity contribution >= 4 is 28.5 Å². The first-order valence-corrected chi connectivity index (χ1v) is 6.11. The Kier molecular flexibility index (Phi) is 4.90. The first-order valence-electron chi connectivity index (χ1n) is 5.73. The summed E-state index contributed by atoms with van der Waals surface area (Å²) in [5, 5.41) is 12.2. The Labute approximate surface area is 147 Å². The van der Waals surface area contributed by atoms with Crippen molar-refractivity contribution < 1.29 is 39.5 Å². The standard InChI is InChI=1S/C14H8ClN3O2.Na/c15-10-5-9(4-8-2-1-3-16-13(8)10)11-6-12(14(19)20)18-7-17-11;/h1-7H,(H,19,20);/q;+1/p-1. The number of carboxylic acid groups (broad SMARTS) is 1. The molecule has 0 aliphatic heterocycles. The maximum Gasteiger partial charge on any atom is 1.00 e. The Balaban J connectivity index is 0.00000161. The first-order chi connectivity index (χ1) is 9.65. The van der Waals surface area contributed by atoms with Crippen molar-refractivity contribution in [2.24, 2.45) is 0 Å². The van der Waals surface area contributed by atoms with Crippen LogP contribution in [0.25, 0.3) is 22.2 Å². The van der Waals surface area contributed by atoms with E-state index in [1.807, 2.05) is 12.1 Å². The van der Waals surface area contributed by atoms with Crippen LogP contribution in [-0.4, -0.2) is 20.9 Å². The van der Waals surface area contributed by atoms with E-state index in [1.54, 1.807) is 18.3 Å². The van der Waals surface area contributed by atoms with Crippen LogP contribution in [0, 0.1) is 0 Å². The van der Waals surface area contributed by atoms with Gasteiger partial charge in [-0.05, 0) is 24.3 Å². The Morgan fingerprint density at radius 3 is 2.71 bits per heavy atom. The van der Waals surface area contributed by atoms with E-state index in [9.17, 15) is 9.90 Å². The van der Waals surface area contributed by atoms with Gasteiger partial charge >= 0.3 is 29.6 Å². The Morgan fingerprint density at radius 1 is 1.14 bits per heavy atom. The summed E-state index contributed by atoms with van der Waals surface area (Å²) in [6.07, 6.45) is 2.84. The van der Waals surface area contributed by atoms with Gasteiger partial charge in [0.15, 0.2) is 0 Å². The van der Waals surface area contributed by atoms with Crippen molar-refractivity contribution in [1.82, 2.24) is 15.0 Å². The molecular weight excluding hydrogens is 301 g/mol. The number of benzene rings is 1. The SMILES string of the molecule is O=C([O-])c1cc(-c2cc(Cl)c3ncccc3c2)ncn1.[Na+]. The summed E-state index contributed by atoms with van der Waals surface area (Å²) in [7, 11) is 0. The van der Waals surface area contributed by atoms with Gasteiger partial charge in [-0.3, -0.25) is 4.98 Å². The summed E-state index contributed by atoms with van der Waals surface area (Å²) < 4.78 is 0. The molecule has 0 N–H and O–H groups in total. The van der Waals surface area contributed by atoms with Gasteiger partial charge < -0.3 is 9.90 Å². The Hall–Kier alpha value is -1.53. The molecule has 2 aromatic heterocycles. The molecule has 5 nitrogen and oxygen atoms in total. The molecule has 21 heavy (non-hydrogen) atoms. The van der Waals surface area contributed by atoms with Gasteiger partial charge in [0, 0.05) is 17.1 Å². The molecule has 0 spiro atoms. The zero-order valence-electron chi connectivity index (χ0n) is 11.1. The van der Waals surface area contributed by atoms with Gasteiger partial charge in [0.25, 0.3) is 0 Å². The first kappa shape index (κ1) is 15.9. The predicted octanol–water partition coefficient (Wildman–Crippen LogP) is -1.29. The second-order valence-corrected chi connectivity index (χ2v) is 4.52. The number of rotatable bonds is 2. The summed E-state index contributed by atoms with van der Waals surface area (Å²) in [6.45, 7) is 0. The molecule has 0 amide bonds. The van der Waals surface area contributed by atoms with Crippen LogP contribution in [0.15, 0.2) is 42.9 Å². The summed E-state index contributed by atoms with van der Waals surface area (Å²) >= 11 is 6.18. The minimum absolute atomic E-state index is 0. The predicted molar refractivity (Wildman–Crippen MR) is 72.1 cm³/mol. The molecule has 0 radical (unpaired) electrons. The number of hydrogen-bond donors (Lipinski definition) is 0. The van der Waals surface area contributed by atoms with E-state index in [4.69, 9.17) is 11.6 Å². The van der Waals surface area contributed by atoms with Crippen LogP contribution < -0.4 is 34.7 Å².